The molecule has 3 heteroatoms. The molecule has 0 aromatic heterocycles. The van der Waals surface area contributed by atoms with Crippen molar-refractivity contribution in [3.05, 3.63) is 34.9 Å². The first kappa shape index (κ1) is 13.9. The number of hydrogen-bond donors (Lipinski definition) is 2. The molecule has 100 valence electrons. The quantitative estimate of drug-likeness (QED) is 0.879. The molecule has 2 nitrogen and oxygen atoms in total. The van der Waals surface area contributed by atoms with Crippen LogP contribution in [-0.4, -0.2) is 17.8 Å². The van der Waals surface area contributed by atoms with Crippen molar-refractivity contribution in [1.82, 2.24) is 0 Å². The molecule has 1 aromatic rings. The van der Waals surface area contributed by atoms with Crippen LogP contribution in [0.2, 0.25) is 5.02 Å². The molecule has 3 N–H and O–H groups in total. The van der Waals surface area contributed by atoms with E-state index >= 15 is 0 Å². The topological polar surface area (TPSA) is 46.2 Å². The van der Waals surface area contributed by atoms with Crippen molar-refractivity contribution >= 4 is 11.6 Å². The second kappa shape index (κ2) is 6.55. The van der Waals surface area contributed by atoms with E-state index in [1.54, 1.807) is 0 Å². The van der Waals surface area contributed by atoms with Crippen LogP contribution in [0.1, 0.15) is 43.6 Å². The normalized spacial score (nSPS) is 20.6. The SMILES string of the molecule is NCC(c1ccccc1Cl)C(O)C1CCCCC1. The fourth-order valence-corrected chi connectivity index (χ4v) is 3.31. The van der Waals surface area contributed by atoms with Crippen LogP contribution in [0.25, 0.3) is 0 Å². The Morgan fingerprint density at radius 2 is 1.89 bits per heavy atom. The van der Waals surface area contributed by atoms with Crippen molar-refractivity contribution in [3.8, 4) is 0 Å². The van der Waals surface area contributed by atoms with Crippen molar-refractivity contribution in [3.63, 3.8) is 0 Å². The highest BCUT2D eigenvalue weighted by atomic mass is 35.5. The molecule has 0 aliphatic heterocycles. The van der Waals surface area contributed by atoms with E-state index < -0.39 is 0 Å². The Hall–Kier alpha value is -0.570. The molecule has 0 amide bonds. The second-order valence-corrected chi connectivity index (χ2v) is 5.66. The maximum Gasteiger partial charge on any atom is 0.0649 e. The Kier molecular flexibility index (Phi) is 5.04. The highest BCUT2D eigenvalue weighted by Crippen LogP contribution is 2.35. The summed E-state index contributed by atoms with van der Waals surface area (Å²) in [4.78, 5) is 0. The summed E-state index contributed by atoms with van der Waals surface area (Å²) >= 11 is 6.21. The van der Waals surface area contributed by atoms with Crippen LogP contribution in [0.5, 0.6) is 0 Å². The summed E-state index contributed by atoms with van der Waals surface area (Å²) < 4.78 is 0. The van der Waals surface area contributed by atoms with Gasteiger partial charge in [-0.1, -0.05) is 49.1 Å². The first-order valence-electron chi connectivity index (χ1n) is 6.86. The van der Waals surface area contributed by atoms with Crippen molar-refractivity contribution in [2.24, 2.45) is 11.7 Å². The third-order valence-corrected chi connectivity index (χ3v) is 4.45. The maximum atomic E-state index is 10.6. The van der Waals surface area contributed by atoms with E-state index in [2.05, 4.69) is 0 Å². The summed E-state index contributed by atoms with van der Waals surface area (Å²) in [5.41, 5.74) is 6.85. The monoisotopic (exact) mass is 267 g/mol. The highest BCUT2D eigenvalue weighted by molar-refractivity contribution is 6.31. The minimum absolute atomic E-state index is 0.0400. The summed E-state index contributed by atoms with van der Waals surface area (Å²) in [5.74, 6) is 0.338. The first-order valence-corrected chi connectivity index (χ1v) is 7.24. The molecule has 2 atom stereocenters. The smallest absolute Gasteiger partial charge is 0.0649 e. The van der Waals surface area contributed by atoms with Gasteiger partial charge in [-0.05, 0) is 30.4 Å². The van der Waals surface area contributed by atoms with Gasteiger partial charge in [0.2, 0.25) is 0 Å². The number of rotatable bonds is 4. The van der Waals surface area contributed by atoms with E-state index in [1.165, 1.54) is 19.3 Å². The van der Waals surface area contributed by atoms with Crippen molar-refractivity contribution < 1.29 is 5.11 Å². The summed E-state index contributed by atoms with van der Waals surface area (Å²) in [5, 5.41) is 11.3. The van der Waals surface area contributed by atoms with Gasteiger partial charge in [-0.25, -0.2) is 0 Å². The van der Waals surface area contributed by atoms with E-state index in [0.29, 0.717) is 17.5 Å². The number of benzene rings is 1. The maximum absolute atomic E-state index is 10.6. The van der Waals surface area contributed by atoms with Crippen molar-refractivity contribution in [2.75, 3.05) is 6.54 Å². The van der Waals surface area contributed by atoms with Gasteiger partial charge in [-0.3, -0.25) is 0 Å². The zero-order valence-electron chi connectivity index (χ0n) is 10.7. The van der Waals surface area contributed by atoms with Crippen LogP contribution in [0.3, 0.4) is 0 Å². The third kappa shape index (κ3) is 3.05. The highest BCUT2D eigenvalue weighted by Gasteiger charge is 2.29. The summed E-state index contributed by atoms with van der Waals surface area (Å²) in [6.45, 7) is 0.446. The van der Waals surface area contributed by atoms with Crippen molar-refractivity contribution in [1.29, 1.82) is 0 Å². The molecular formula is C15H22ClNO. The summed E-state index contributed by atoms with van der Waals surface area (Å²) in [6, 6.07) is 7.71. The van der Waals surface area contributed by atoms with Gasteiger partial charge in [0, 0.05) is 17.5 Å². The van der Waals surface area contributed by atoms with E-state index in [-0.39, 0.29) is 12.0 Å². The van der Waals surface area contributed by atoms with Crippen LogP contribution in [0.15, 0.2) is 24.3 Å². The lowest BCUT2D eigenvalue weighted by molar-refractivity contribution is 0.0624. The van der Waals surface area contributed by atoms with E-state index in [1.807, 2.05) is 24.3 Å². The Balaban J connectivity index is 2.14. The zero-order valence-corrected chi connectivity index (χ0v) is 11.4. The van der Waals surface area contributed by atoms with Crippen LogP contribution in [0.4, 0.5) is 0 Å². The average molecular weight is 268 g/mol. The molecule has 0 radical (unpaired) electrons. The van der Waals surface area contributed by atoms with E-state index in [4.69, 9.17) is 17.3 Å². The molecule has 18 heavy (non-hydrogen) atoms. The van der Waals surface area contributed by atoms with Gasteiger partial charge in [0.05, 0.1) is 6.10 Å². The molecule has 1 saturated carbocycles. The molecule has 2 rings (SSSR count). The first-order chi connectivity index (χ1) is 8.74. The largest absolute Gasteiger partial charge is 0.392 e. The molecular weight excluding hydrogens is 246 g/mol. The standard InChI is InChI=1S/C15H22ClNO/c16-14-9-5-4-8-12(14)13(10-17)15(18)11-6-2-1-3-7-11/h4-5,8-9,11,13,15,18H,1-3,6-7,10,17H2. The molecule has 1 aliphatic rings. The summed E-state index contributed by atoms with van der Waals surface area (Å²) in [6.07, 6.45) is 5.60. The zero-order chi connectivity index (χ0) is 13.0. The van der Waals surface area contributed by atoms with Gasteiger partial charge < -0.3 is 10.8 Å². The molecule has 2 unspecified atom stereocenters. The van der Waals surface area contributed by atoms with Gasteiger partial charge in [0.25, 0.3) is 0 Å². The average Bonchev–Trinajstić information content (AvgIpc) is 2.42. The molecule has 1 aliphatic carbocycles. The van der Waals surface area contributed by atoms with Crippen molar-refractivity contribution in [2.45, 2.75) is 44.1 Å². The lowest BCUT2D eigenvalue weighted by atomic mass is 9.78. The Bertz CT molecular complexity index is 377. The van der Waals surface area contributed by atoms with Crippen LogP contribution >= 0.6 is 11.6 Å². The van der Waals surface area contributed by atoms with Gasteiger partial charge in [0.1, 0.15) is 0 Å². The van der Waals surface area contributed by atoms with Crippen LogP contribution in [-0.2, 0) is 0 Å². The number of nitrogens with two attached hydrogens (primary N) is 1. The minimum atomic E-state index is -0.366. The number of halogens is 1. The van der Waals surface area contributed by atoms with Gasteiger partial charge in [0.15, 0.2) is 0 Å². The molecule has 1 aromatic carbocycles. The van der Waals surface area contributed by atoms with Crippen LogP contribution < -0.4 is 5.73 Å². The second-order valence-electron chi connectivity index (χ2n) is 5.25. The number of hydrogen-bond acceptors (Lipinski definition) is 2. The minimum Gasteiger partial charge on any atom is -0.392 e. The molecule has 0 bridgehead atoms. The molecule has 0 heterocycles. The van der Waals surface area contributed by atoms with E-state index in [9.17, 15) is 5.11 Å². The Morgan fingerprint density at radius 3 is 2.50 bits per heavy atom. The lowest BCUT2D eigenvalue weighted by Gasteiger charge is -2.32. The van der Waals surface area contributed by atoms with E-state index in [0.717, 1.165) is 18.4 Å². The predicted molar refractivity (Wildman–Crippen MR) is 75.8 cm³/mol. The number of aliphatic hydroxyl groups excluding tert-OH is 1. The van der Waals surface area contributed by atoms with Gasteiger partial charge >= 0.3 is 0 Å². The third-order valence-electron chi connectivity index (χ3n) is 4.10. The molecule has 1 fully saturated rings. The van der Waals surface area contributed by atoms with Crippen LogP contribution in [0, 0.1) is 5.92 Å². The predicted octanol–water partition coefficient (Wildman–Crippen LogP) is 3.32. The fourth-order valence-electron chi connectivity index (χ4n) is 3.03. The molecule has 0 saturated heterocycles. The lowest BCUT2D eigenvalue weighted by Crippen LogP contribution is -2.33. The van der Waals surface area contributed by atoms with Gasteiger partial charge in [-0.15, -0.1) is 0 Å². The fraction of sp³-hybridized carbons (Fsp3) is 0.600. The Labute approximate surface area is 114 Å². The summed E-state index contributed by atoms with van der Waals surface area (Å²) in [7, 11) is 0. The Morgan fingerprint density at radius 1 is 1.22 bits per heavy atom. The molecule has 0 spiro atoms. The number of aliphatic hydroxyl groups is 1. The van der Waals surface area contributed by atoms with Gasteiger partial charge in [-0.2, -0.15) is 0 Å².